The summed E-state index contributed by atoms with van der Waals surface area (Å²) in [5.41, 5.74) is 0.797. The quantitative estimate of drug-likeness (QED) is 0.855. The topological polar surface area (TPSA) is 12.0 Å². The molecule has 2 unspecified atom stereocenters. The summed E-state index contributed by atoms with van der Waals surface area (Å²) in [5, 5.41) is 3.76. The SMILES string of the molecule is CNC1CCC(Cc2ccc(Cl)cc2F)C1. The molecule has 0 amide bonds. The number of hydrogen-bond donors (Lipinski definition) is 1. The molecule has 0 heterocycles. The maximum absolute atomic E-state index is 13.6. The Bertz CT molecular complexity index is 367. The molecule has 1 aromatic rings. The summed E-state index contributed by atoms with van der Waals surface area (Å²) >= 11 is 5.73. The van der Waals surface area contributed by atoms with Crippen molar-refractivity contribution in [3.63, 3.8) is 0 Å². The Hall–Kier alpha value is -0.600. The van der Waals surface area contributed by atoms with E-state index in [2.05, 4.69) is 5.32 Å². The van der Waals surface area contributed by atoms with Crippen molar-refractivity contribution in [2.75, 3.05) is 7.05 Å². The van der Waals surface area contributed by atoms with Gasteiger partial charge in [-0.2, -0.15) is 0 Å². The molecule has 0 radical (unpaired) electrons. The molecule has 2 rings (SSSR count). The molecule has 1 fully saturated rings. The van der Waals surface area contributed by atoms with Gasteiger partial charge in [-0.15, -0.1) is 0 Å². The second kappa shape index (κ2) is 5.15. The molecular weight excluding hydrogens is 225 g/mol. The first-order valence-corrected chi connectivity index (χ1v) is 6.18. The molecule has 3 heteroatoms. The third-order valence-electron chi connectivity index (χ3n) is 3.47. The molecule has 1 aliphatic carbocycles. The van der Waals surface area contributed by atoms with Gasteiger partial charge in [-0.1, -0.05) is 17.7 Å². The van der Waals surface area contributed by atoms with Crippen molar-refractivity contribution in [1.82, 2.24) is 5.32 Å². The van der Waals surface area contributed by atoms with E-state index in [-0.39, 0.29) is 5.82 Å². The van der Waals surface area contributed by atoms with E-state index in [9.17, 15) is 4.39 Å². The minimum Gasteiger partial charge on any atom is -0.317 e. The van der Waals surface area contributed by atoms with Gasteiger partial charge in [0.05, 0.1) is 0 Å². The number of benzene rings is 1. The van der Waals surface area contributed by atoms with Gasteiger partial charge in [0.1, 0.15) is 5.82 Å². The van der Waals surface area contributed by atoms with Gasteiger partial charge < -0.3 is 5.32 Å². The van der Waals surface area contributed by atoms with E-state index >= 15 is 0 Å². The minimum absolute atomic E-state index is 0.166. The molecular formula is C13H17ClFN. The molecule has 1 aromatic carbocycles. The molecule has 1 saturated carbocycles. The first-order chi connectivity index (χ1) is 7.69. The van der Waals surface area contributed by atoms with Crippen LogP contribution in [0.5, 0.6) is 0 Å². The van der Waals surface area contributed by atoms with Gasteiger partial charge in [0.15, 0.2) is 0 Å². The van der Waals surface area contributed by atoms with E-state index in [1.807, 2.05) is 13.1 Å². The van der Waals surface area contributed by atoms with E-state index in [1.165, 1.54) is 18.9 Å². The molecule has 1 nitrogen and oxygen atoms in total. The highest BCUT2D eigenvalue weighted by Crippen LogP contribution is 2.29. The summed E-state index contributed by atoms with van der Waals surface area (Å²) in [6.07, 6.45) is 4.38. The third kappa shape index (κ3) is 2.74. The predicted octanol–water partition coefficient (Wildman–Crippen LogP) is 3.41. The Morgan fingerprint density at radius 2 is 2.25 bits per heavy atom. The van der Waals surface area contributed by atoms with Crippen molar-refractivity contribution < 1.29 is 4.39 Å². The number of nitrogens with one attached hydrogen (secondary N) is 1. The molecule has 16 heavy (non-hydrogen) atoms. The molecule has 88 valence electrons. The van der Waals surface area contributed by atoms with E-state index in [1.54, 1.807) is 6.07 Å². The second-order valence-corrected chi connectivity index (χ2v) is 5.04. The fraction of sp³-hybridized carbons (Fsp3) is 0.538. The lowest BCUT2D eigenvalue weighted by molar-refractivity contribution is 0.496. The zero-order chi connectivity index (χ0) is 11.5. The monoisotopic (exact) mass is 241 g/mol. The Morgan fingerprint density at radius 1 is 1.44 bits per heavy atom. The highest BCUT2D eigenvalue weighted by Gasteiger charge is 2.24. The largest absolute Gasteiger partial charge is 0.317 e. The van der Waals surface area contributed by atoms with Crippen molar-refractivity contribution in [2.45, 2.75) is 31.7 Å². The number of rotatable bonds is 3. The van der Waals surface area contributed by atoms with E-state index in [0.29, 0.717) is 17.0 Å². The van der Waals surface area contributed by atoms with Crippen LogP contribution in [0, 0.1) is 11.7 Å². The first-order valence-electron chi connectivity index (χ1n) is 5.80. The summed E-state index contributed by atoms with van der Waals surface area (Å²) < 4.78 is 13.6. The average Bonchev–Trinajstić information content (AvgIpc) is 2.70. The lowest BCUT2D eigenvalue weighted by atomic mass is 9.97. The van der Waals surface area contributed by atoms with Crippen LogP contribution in [0.3, 0.4) is 0 Å². The van der Waals surface area contributed by atoms with Crippen LogP contribution < -0.4 is 5.32 Å². The molecule has 0 aliphatic heterocycles. The zero-order valence-electron chi connectivity index (χ0n) is 9.47. The predicted molar refractivity (Wildman–Crippen MR) is 65.3 cm³/mol. The van der Waals surface area contributed by atoms with Crippen molar-refractivity contribution in [3.8, 4) is 0 Å². The van der Waals surface area contributed by atoms with Crippen LogP contribution in [0.2, 0.25) is 5.02 Å². The normalized spacial score (nSPS) is 24.9. The molecule has 2 atom stereocenters. The Labute approximate surface area is 101 Å². The molecule has 0 aromatic heterocycles. The van der Waals surface area contributed by atoms with E-state index < -0.39 is 0 Å². The Balaban J connectivity index is 1.99. The van der Waals surface area contributed by atoms with Gasteiger partial charge in [-0.3, -0.25) is 0 Å². The van der Waals surface area contributed by atoms with E-state index in [4.69, 9.17) is 11.6 Å². The van der Waals surface area contributed by atoms with Crippen molar-refractivity contribution in [2.24, 2.45) is 5.92 Å². The maximum Gasteiger partial charge on any atom is 0.127 e. The Kier molecular flexibility index (Phi) is 3.82. The summed E-state index contributed by atoms with van der Waals surface area (Å²) in [6, 6.07) is 5.59. The van der Waals surface area contributed by atoms with Crippen LogP contribution in [0.25, 0.3) is 0 Å². The fourth-order valence-electron chi connectivity index (χ4n) is 2.52. The number of hydrogen-bond acceptors (Lipinski definition) is 1. The van der Waals surface area contributed by atoms with E-state index in [0.717, 1.165) is 18.4 Å². The summed E-state index contributed by atoms with van der Waals surface area (Å²) in [6.45, 7) is 0. The fourth-order valence-corrected chi connectivity index (χ4v) is 2.68. The second-order valence-electron chi connectivity index (χ2n) is 4.60. The van der Waals surface area contributed by atoms with Crippen LogP contribution in [0.1, 0.15) is 24.8 Å². The van der Waals surface area contributed by atoms with Gasteiger partial charge in [0.2, 0.25) is 0 Å². The molecule has 0 saturated heterocycles. The van der Waals surface area contributed by atoms with Gasteiger partial charge >= 0.3 is 0 Å². The van der Waals surface area contributed by atoms with Crippen LogP contribution in [0.15, 0.2) is 18.2 Å². The molecule has 0 bridgehead atoms. The minimum atomic E-state index is -0.166. The average molecular weight is 242 g/mol. The number of halogens is 2. The lowest BCUT2D eigenvalue weighted by Crippen LogP contribution is -2.21. The highest BCUT2D eigenvalue weighted by molar-refractivity contribution is 6.30. The maximum atomic E-state index is 13.6. The van der Waals surface area contributed by atoms with Gasteiger partial charge in [0.25, 0.3) is 0 Å². The smallest absolute Gasteiger partial charge is 0.127 e. The summed E-state index contributed by atoms with van der Waals surface area (Å²) in [4.78, 5) is 0. The standard InChI is InChI=1S/C13H17ClFN/c1-16-12-5-2-9(7-12)6-10-3-4-11(14)8-13(10)15/h3-4,8-9,12,16H,2,5-7H2,1H3. The van der Waals surface area contributed by atoms with Crippen LogP contribution in [-0.4, -0.2) is 13.1 Å². The van der Waals surface area contributed by atoms with Gasteiger partial charge in [-0.05, 0) is 56.3 Å². The van der Waals surface area contributed by atoms with Gasteiger partial charge in [0, 0.05) is 11.1 Å². The van der Waals surface area contributed by atoms with Crippen LogP contribution in [0.4, 0.5) is 4.39 Å². The lowest BCUT2D eigenvalue weighted by Gasteiger charge is -2.11. The van der Waals surface area contributed by atoms with Crippen LogP contribution in [-0.2, 0) is 6.42 Å². The summed E-state index contributed by atoms with van der Waals surface area (Å²) in [5.74, 6) is 0.438. The zero-order valence-corrected chi connectivity index (χ0v) is 10.2. The van der Waals surface area contributed by atoms with Gasteiger partial charge in [-0.25, -0.2) is 4.39 Å². The van der Waals surface area contributed by atoms with Crippen molar-refractivity contribution >= 4 is 11.6 Å². The van der Waals surface area contributed by atoms with Crippen molar-refractivity contribution in [1.29, 1.82) is 0 Å². The summed E-state index contributed by atoms with van der Waals surface area (Å²) in [7, 11) is 2.00. The Morgan fingerprint density at radius 3 is 2.88 bits per heavy atom. The molecule has 1 aliphatic rings. The highest BCUT2D eigenvalue weighted by atomic mass is 35.5. The third-order valence-corrected chi connectivity index (χ3v) is 3.71. The first kappa shape index (κ1) is 11.9. The van der Waals surface area contributed by atoms with Crippen molar-refractivity contribution in [3.05, 3.63) is 34.6 Å². The molecule has 0 spiro atoms. The molecule has 1 N–H and O–H groups in total. The van der Waals surface area contributed by atoms with Crippen LogP contribution >= 0.6 is 11.6 Å².